The monoisotopic (exact) mass is 330 g/mol. The molecule has 3 rings (SSSR count). The number of hydrogen-bond acceptors (Lipinski definition) is 3. The van der Waals surface area contributed by atoms with Crippen molar-refractivity contribution in [3.63, 3.8) is 0 Å². The second-order valence-electron chi connectivity index (χ2n) is 5.75. The second-order valence-corrected chi connectivity index (χ2v) is 7.64. The van der Waals surface area contributed by atoms with Gasteiger partial charge in [-0.2, -0.15) is 4.31 Å². The molecule has 1 unspecified atom stereocenters. The Labute approximate surface area is 135 Å². The molecule has 0 saturated heterocycles. The zero-order valence-electron chi connectivity index (χ0n) is 12.8. The van der Waals surface area contributed by atoms with Gasteiger partial charge in [0.15, 0.2) is 0 Å². The van der Waals surface area contributed by atoms with Crippen molar-refractivity contribution in [2.45, 2.75) is 30.8 Å². The lowest BCUT2D eigenvalue weighted by atomic mass is 10.0. The summed E-state index contributed by atoms with van der Waals surface area (Å²) in [6, 6.07) is 13.6. The van der Waals surface area contributed by atoms with E-state index in [4.69, 9.17) is 5.73 Å². The number of sulfonamides is 1. The van der Waals surface area contributed by atoms with Crippen LogP contribution < -0.4 is 5.73 Å². The Morgan fingerprint density at radius 3 is 2.48 bits per heavy atom. The van der Waals surface area contributed by atoms with E-state index in [9.17, 15) is 13.2 Å². The Morgan fingerprint density at radius 2 is 1.83 bits per heavy atom. The summed E-state index contributed by atoms with van der Waals surface area (Å²) >= 11 is 0. The summed E-state index contributed by atoms with van der Waals surface area (Å²) < 4.78 is 27.3. The number of carbonyl (C=O) groups excluding carboxylic acids is 1. The van der Waals surface area contributed by atoms with Crippen LogP contribution in [-0.4, -0.2) is 18.6 Å². The van der Waals surface area contributed by atoms with Crippen molar-refractivity contribution in [2.24, 2.45) is 5.73 Å². The number of carbonyl (C=O) groups is 1. The maximum atomic E-state index is 13.0. The molecule has 2 aromatic rings. The Balaban J connectivity index is 2.04. The lowest BCUT2D eigenvalue weighted by Crippen LogP contribution is -2.32. The first kappa shape index (κ1) is 15.7. The van der Waals surface area contributed by atoms with Crippen LogP contribution in [-0.2, 0) is 21.4 Å². The third-order valence-corrected chi connectivity index (χ3v) is 5.98. The molecule has 0 spiro atoms. The number of nitrogens with two attached hydrogens (primary N) is 1. The highest BCUT2D eigenvalue weighted by Crippen LogP contribution is 2.39. The maximum absolute atomic E-state index is 13.0. The molecular formula is C17H18N2O3S. The summed E-state index contributed by atoms with van der Waals surface area (Å²) in [7, 11) is -3.69. The molecule has 0 bridgehead atoms. The van der Waals surface area contributed by atoms with Gasteiger partial charge in [-0.25, -0.2) is 8.42 Å². The quantitative estimate of drug-likeness (QED) is 0.932. The van der Waals surface area contributed by atoms with Crippen molar-refractivity contribution in [2.75, 3.05) is 0 Å². The van der Waals surface area contributed by atoms with Gasteiger partial charge in [0.1, 0.15) is 0 Å². The highest BCUT2D eigenvalue weighted by molar-refractivity contribution is 7.89. The number of nitrogens with zero attached hydrogens (tertiary/aromatic N) is 1. The Kier molecular flexibility index (Phi) is 3.95. The van der Waals surface area contributed by atoms with E-state index in [0.29, 0.717) is 0 Å². The minimum Gasteiger partial charge on any atom is -0.370 e. The molecule has 1 atom stereocenters. The van der Waals surface area contributed by atoms with Crippen LogP contribution >= 0.6 is 0 Å². The van der Waals surface area contributed by atoms with E-state index in [0.717, 1.165) is 16.7 Å². The number of amides is 1. The normalized spacial score (nSPS) is 17.9. The fourth-order valence-electron chi connectivity index (χ4n) is 2.94. The predicted octanol–water partition coefficient (Wildman–Crippen LogP) is 2.12. The first-order valence-electron chi connectivity index (χ1n) is 7.34. The molecule has 0 aromatic heterocycles. The van der Waals surface area contributed by atoms with Gasteiger partial charge in [-0.1, -0.05) is 42.0 Å². The van der Waals surface area contributed by atoms with Crippen LogP contribution in [0, 0.1) is 6.92 Å². The standard InChI is InChI=1S/C17H18N2O3S/c1-12-6-8-14(9-7-12)23(21,22)19-11-13-4-2-3-5-15(13)16(19)10-17(18)20/h2-9,16H,10-11H2,1H3,(H2,18,20). The minimum atomic E-state index is -3.69. The van der Waals surface area contributed by atoms with E-state index >= 15 is 0 Å². The first-order chi connectivity index (χ1) is 10.9. The largest absolute Gasteiger partial charge is 0.370 e. The van der Waals surface area contributed by atoms with Crippen LogP contribution in [0.1, 0.15) is 29.2 Å². The summed E-state index contributed by atoms with van der Waals surface area (Å²) in [5.74, 6) is -0.518. The van der Waals surface area contributed by atoms with Crippen molar-refractivity contribution < 1.29 is 13.2 Å². The van der Waals surface area contributed by atoms with Gasteiger partial charge in [-0.05, 0) is 30.2 Å². The lowest BCUT2D eigenvalue weighted by Gasteiger charge is -2.23. The lowest BCUT2D eigenvalue weighted by molar-refractivity contribution is -0.118. The van der Waals surface area contributed by atoms with Crippen LogP contribution in [0.15, 0.2) is 53.4 Å². The molecular weight excluding hydrogens is 312 g/mol. The third kappa shape index (κ3) is 2.87. The van der Waals surface area contributed by atoms with Gasteiger partial charge in [0, 0.05) is 13.0 Å². The summed E-state index contributed by atoms with van der Waals surface area (Å²) in [6.07, 6.45) is -0.0257. The van der Waals surface area contributed by atoms with Crippen LogP contribution in [0.5, 0.6) is 0 Å². The van der Waals surface area contributed by atoms with Gasteiger partial charge in [0.25, 0.3) is 0 Å². The van der Waals surface area contributed by atoms with Crippen molar-refractivity contribution in [3.8, 4) is 0 Å². The smallest absolute Gasteiger partial charge is 0.243 e. The average molecular weight is 330 g/mol. The molecule has 5 nitrogen and oxygen atoms in total. The molecule has 0 aliphatic carbocycles. The van der Waals surface area contributed by atoms with Crippen molar-refractivity contribution >= 4 is 15.9 Å². The third-order valence-electron chi connectivity index (χ3n) is 4.11. The summed E-state index contributed by atoms with van der Waals surface area (Å²) in [4.78, 5) is 11.6. The van der Waals surface area contributed by atoms with Gasteiger partial charge in [-0.3, -0.25) is 4.79 Å². The number of benzene rings is 2. The summed E-state index contributed by atoms with van der Waals surface area (Å²) in [5, 5.41) is 0. The molecule has 1 aliphatic heterocycles. The van der Waals surface area contributed by atoms with Crippen molar-refractivity contribution in [3.05, 3.63) is 65.2 Å². The molecule has 1 heterocycles. The maximum Gasteiger partial charge on any atom is 0.243 e. The molecule has 6 heteroatoms. The molecule has 0 saturated carbocycles. The minimum absolute atomic E-state index is 0.0257. The highest BCUT2D eigenvalue weighted by Gasteiger charge is 2.39. The van der Waals surface area contributed by atoms with E-state index in [2.05, 4.69) is 0 Å². The average Bonchev–Trinajstić information content (AvgIpc) is 2.87. The van der Waals surface area contributed by atoms with E-state index in [-0.39, 0.29) is 17.9 Å². The van der Waals surface area contributed by atoms with Gasteiger partial charge < -0.3 is 5.73 Å². The SMILES string of the molecule is Cc1ccc(S(=O)(=O)N2Cc3ccccc3C2CC(N)=O)cc1. The van der Waals surface area contributed by atoms with Crippen molar-refractivity contribution in [1.29, 1.82) is 0 Å². The van der Waals surface area contributed by atoms with E-state index in [1.54, 1.807) is 24.3 Å². The summed E-state index contributed by atoms with van der Waals surface area (Å²) in [5.41, 5.74) is 8.08. The Hall–Kier alpha value is -2.18. The molecule has 1 amide bonds. The molecule has 2 N–H and O–H groups in total. The molecule has 0 radical (unpaired) electrons. The molecule has 0 fully saturated rings. The van der Waals surface area contributed by atoms with E-state index < -0.39 is 22.0 Å². The molecule has 23 heavy (non-hydrogen) atoms. The second kappa shape index (κ2) is 5.79. The fraction of sp³-hybridized carbons (Fsp3) is 0.235. The number of fused-ring (bicyclic) bond motifs is 1. The van der Waals surface area contributed by atoms with Crippen LogP contribution in [0.4, 0.5) is 0 Å². The number of rotatable bonds is 4. The molecule has 120 valence electrons. The number of aryl methyl sites for hydroxylation is 1. The van der Waals surface area contributed by atoms with Crippen LogP contribution in [0.3, 0.4) is 0 Å². The topological polar surface area (TPSA) is 80.5 Å². The first-order valence-corrected chi connectivity index (χ1v) is 8.78. The zero-order valence-corrected chi connectivity index (χ0v) is 13.6. The van der Waals surface area contributed by atoms with Crippen molar-refractivity contribution in [1.82, 2.24) is 4.31 Å². The summed E-state index contributed by atoms with van der Waals surface area (Å²) in [6.45, 7) is 2.16. The number of primary amides is 1. The Bertz CT molecular complexity index is 844. The predicted molar refractivity (Wildman–Crippen MR) is 86.9 cm³/mol. The highest BCUT2D eigenvalue weighted by atomic mass is 32.2. The zero-order chi connectivity index (χ0) is 16.6. The van der Waals surface area contributed by atoms with Crippen LogP contribution in [0.2, 0.25) is 0 Å². The van der Waals surface area contributed by atoms with E-state index in [1.165, 1.54) is 4.31 Å². The number of hydrogen-bond donors (Lipinski definition) is 1. The Morgan fingerprint density at radius 1 is 1.17 bits per heavy atom. The molecule has 1 aliphatic rings. The van der Waals surface area contributed by atoms with Gasteiger partial charge in [-0.15, -0.1) is 0 Å². The van der Waals surface area contributed by atoms with Crippen LogP contribution in [0.25, 0.3) is 0 Å². The van der Waals surface area contributed by atoms with Gasteiger partial charge in [0.2, 0.25) is 15.9 Å². The van der Waals surface area contributed by atoms with Gasteiger partial charge in [0.05, 0.1) is 10.9 Å². The van der Waals surface area contributed by atoms with Gasteiger partial charge >= 0.3 is 0 Å². The van der Waals surface area contributed by atoms with E-state index in [1.807, 2.05) is 31.2 Å². The molecule has 2 aromatic carbocycles. The fourth-order valence-corrected chi connectivity index (χ4v) is 4.52.